The number of amides is 1. The Hall–Kier alpha value is -1.67. The van der Waals surface area contributed by atoms with Crippen molar-refractivity contribution in [1.29, 1.82) is 0 Å². The summed E-state index contributed by atoms with van der Waals surface area (Å²) in [6.07, 6.45) is 0. The van der Waals surface area contributed by atoms with Crippen LogP contribution in [-0.2, 0) is 4.79 Å². The predicted molar refractivity (Wildman–Crippen MR) is 82.3 cm³/mol. The average Bonchev–Trinajstić information content (AvgIpc) is 2.34. The third-order valence-corrected chi connectivity index (χ3v) is 3.15. The molecule has 0 aromatic heterocycles. The lowest BCUT2D eigenvalue weighted by molar-refractivity contribution is -0.386. The zero-order valence-electron chi connectivity index (χ0n) is 12.1. The molecule has 1 unspecified atom stereocenters. The van der Waals surface area contributed by atoms with Gasteiger partial charge in [0.2, 0.25) is 5.91 Å². The summed E-state index contributed by atoms with van der Waals surface area (Å²) in [6, 6.07) is 2.38. The van der Waals surface area contributed by atoms with Crippen LogP contribution in [-0.4, -0.2) is 29.5 Å². The van der Waals surface area contributed by atoms with Crippen molar-refractivity contribution in [2.75, 3.05) is 6.61 Å². The number of hydrogen-bond acceptors (Lipinski definition) is 5. The molecule has 116 valence electrons. The molecule has 21 heavy (non-hydrogen) atoms. The van der Waals surface area contributed by atoms with Crippen LogP contribution in [0.15, 0.2) is 16.6 Å². The first kappa shape index (κ1) is 17.4. The molecule has 0 aliphatic heterocycles. The first-order valence-corrected chi connectivity index (χ1v) is 7.14. The van der Waals surface area contributed by atoms with Crippen molar-refractivity contribution in [2.24, 2.45) is 5.73 Å². The summed E-state index contributed by atoms with van der Waals surface area (Å²) in [5.41, 5.74) is 5.73. The fourth-order valence-electron chi connectivity index (χ4n) is 1.82. The van der Waals surface area contributed by atoms with E-state index in [0.29, 0.717) is 10.0 Å². The number of benzene rings is 1. The largest absolute Gasteiger partial charge is 0.484 e. The van der Waals surface area contributed by atoms with Gasteiger partial charge >= 0.3 is 5.69 Å². The number of rotatable bonds is 7. The van der Waals surface area contributed by atoms with Gasteiger partial charge in [-0.1, -0.05) is 29.8 Å². The summed E-state index contributed by atoms with van der Waals surface area (Å²) in [5, 5.41) is 14.0. The number of halogens is 1. The quantitative estimate of drug-likeness (QED) is 0.570. The number of primary amides is 1. The number of carbonyl (C=O) groups is 1. The lowest BCUT2D eigenvalue weighted by Crippen LogP contribution is -2.48. The SMILES string of the molecule is Cc1cc(Br)cc([N+](=O)[O-])c1OCC(NC(C)C)C(N)=O. The van der Waals surface area contributed by atoms with E-state index in [-0.39, 0.29) is 24.1 Å². The number of aryl methyl sites for hydroxylation is 1. The molecule has 0 saturated carbocycles. The Labute approximate surface area is 131 Å². The monoisotopic (exact) mass is 359 g/mol. The molecule has 0 aliphatic carbocycles. The Morgan fingerprint density at radius 1 is 1.52 bits per heavy atom. The molecule has 0 aliphatic rings. The molecule has 0 bridgehead atoms. The molecule has 1 atom stereocenters. The van der Waals surface area contributed by atoms with E-state index in [1.54, 1.807) is 13.0 Å². The molecule has 0 heterocycles. The van der Waals surface area contributed by atoms with Gasteiger partial charge < -0.3 is 15.8 Å². The Morgan fingerprint density at radius 3 is 2.62 bits per heavy atom. The standard InChI is InChI=1S/C13H18BrN3O4/c1-7(2)16-10(13(15)18)6-21-12-8(3)4-9(14)5-11(12)17(19)20/h4-5,7,10,16H,6H2,1-3H3,(H2,15,18). The molecule has 0 fully saturated rings. The lowest BCUT2D eigenvalue weighted by Gasteiger charge is -2.19. The number of nitrogens with two attached hydrogens (primary N) is 1. The summed E-state index contributed by atoms with van der Waals surface area (Å²) >= 11 is 3.20. The van der Waals surface area contributed by atoms with Gasteiger partial charge in [-0.15, -0.1) is 0 Å². The fourth-order valence-corrected chi connectivity index (χ4v) is 2.38. The molecule has 1 rings (SSSR count). The molecule has 0 saturated heterocycles. The number of nitro groups is 1. The molecule has 0 spiro atoms. The number of nitrogens with zero attached hydrogens (tertiary/aromatic N) is 1. The molecule has 1 aromatic rings. The third kappa shape index (κ3) is 4.98. The summed E-state index contributed by atoms with van der Waals surface area (Å²) in [7, 11) is 0. The van der Waals surface area contributed by atoms with Crippen molar-refractivity contribution < 1.29 is 14.5 Å². The highest BCUT2D eigenvalue weighted by Crippen LogP contribution is 2.34. The van der Waals surface area contributed by atoms with E-state index in [0.717, 1.165) is 0 Å². The van der Waals surface area contributed by atoms with E-state index >= 15 is 0 Å². The summed E-state index contributed by atoms with van der Waals surface area (Å²) in [5.74, 6) is -0.430. The van der Waals surface area contributed by atoms with E-state index in [9.17, 15) is 14.9 Å². The van der Waals surface area contributed by atoms with Gasteiger partial charge in [0.25, 0.3) is 0 Å². The normalized spacial score (nSPS) is 12.2. The van der Waals surface area contributed by atoms with Gasteiger partial charge in [-0.05, 0) is 18.6 Å². The molecular weight excluding hydrogens is 342 g/mol. The third-order valence-electron chi connectivity index (χ3n) is 2.69. The van der Waals surface area contributed by atoms with E-state index in [2.05, 4.69) is 21.2 Å². The van der Waals surface area contributed by atoms with Gasteiger partial charge in [0.15, 0.2) is 5.75 Å². The zero-order valence-corrected chi connectivity index (χ0v) is 13.6. The molecular formula is C13H18BrN3O4. The Balaban J connectivity index is 2.96. The Bertz CT molecular complexity index is 548. The van der Waals surface area contributed by atoms with Crippen LogP contribution < -0.4 is 15.8 Å². The number of carbonyl (C=O) groups excluding carboxylic acids is 1. The van der Waals surface area contributed by atoms with Gasteiger partial charge in [0, 0.05) is 16.6 Å². The topological polar surface area (TPSA) is 107 Å². The minimum absolute atomic E-state index is 0.0344. The molecule has 0 radical (unpaired) electrons. The first-order chi connectivity index (χ1) is 9.72. The van der Waals surface area contributed by atoms with Crippen molar-refractivity contribution in [3.63, 3.8) is 0 Å². The number of nitro benzene ring substituents is 1. The van der Waals surface area contributed by atoms with Crippen molar-refractivity contribution >= 4 is 27.5 Å². The highest BCUT2D eigenvalue weighted by molar-refractivity contribution is 9.10. The predicted octanol–water partition coefficient (Wildman–Crippen LogP) is 1.90. The second-order valence-electron chi connectivity index (χ2n) is 4.92. The van der Waals surface area contributed by atoms with Gasteiger partial charge in [0.05, 0.1) is 4.92 Å². The molecule has 8 heteroatoms. The lowest BCUT2D eigenvalue weighted by atomic mass is 10.2. The van der Waals surface area contributed by atoms with Crippen molar-refractivity contribution in [3.8, 4) is 5.75 Å². The maximum Gasteiger partial charge on any atom is 0.312 e. The van der Waals surface area contributed by atoms with E-state index in [4.69, 9.17) is 10.5 Å². The second-order valence-corrected chi connectivity index (χ2v) is 5.83. The van der Waals surface area contributed by atoms with E-state index in [1.165, 1.54) is 6.07 Å². The summed E-state index contributed by atoms with van der Waals surface area (Å²) in [4.78, 5) is 21.9. The number of ether oxygens (including phenoxy) is 1. The molecule has 7 nitrogen and oxygen atoms in total. The second kappa shape index (κ2) is 7.37. The van der Waals surface area contributed by atoms with E-state index in [1.807, 2.05) is 13.8 Å². The van der Waals surface area contributed by atoms with Crippen LogP contribution in [0.3, 0.4) is 0 Å². The van der Waals surface area contributed by atoms with Crippen LogP contribution in [0.5, 0.6) is 5.75 Å². The van der Waals surface area contributed by atoms with E-state index < -0.39 is 16.9 Å². The maximum atomic E-state index is 11.4. The fraction of sp³-hybridized carbons (Fsp3) is 0.462. The van der Waals surface area contributed by atoms with Gasteiger partial charge in [-0.3, -0.25) is 14.9 Å². The van der Waals surface area contributed by atoms with Crippen molar-refractivity contribution in [2.45, 2.75) is 32.9 Å². The molecule has 1 aromatic carbocycles. The average molecular weight is 360 g/mol. The van der Waals surface area contributed by atoms with Gasteiger partial charge in [-0.2, -0.15) is 0 Å². The number of nitrogens with one attached hydrogen (secondary N) is 1. The van der Waals surface area contributed by atoms with Crippen LogP contribution in [0.1, 0.15) is 19.4 Å². The highest BCUT2D eigenvalue weighted by Gasteiger charge is 2.22. The van der Waals surface area contributed by atoms with Crippen LogP contribution in [0.2, 0.25) is 0 Å². The minimum Gasteiger partial charge on any atom is -0.484 e. The smallest absolute Gasteiger partial charge is 0.312 e. The highest BCUT2D eigenvalue weighted by atomic mass is 79.9. The van der Waals surface area contributed by atoms with Crippen LogP contribution in [0.25, 0.3) is 0 Å². The zero-order chi connectivity index (χ0) is 16.2. The van der Waals surface area contributed by atoms with Crippen molar-refractivity contribution in [1.82, 2.24) is 5.32 Å². The Morgan fingerprint density at radius 2 is 2.14 bits per heavy atom. The van der Waals surface area contributed by atoms with Gasteiger partial charge in [-0.25, -0.2) is 0 Å². The Kier molecular flexibility index (Phi) is 6.10. The molecule has 3 N–H and O–H groups in total. The van der Waals surface area contributed by atoms with Crippen LogP contribution >= 0.6 is 15.9 Å². The van der Waals surface area contributed by atoms with Crippen molar-refractivity contribution in [3.05, 3.63) is 32.3 Å². The maximum absolute atomic E-state index is 11.4. The minimum atomic E-state index is -0.715. The summed E-state index contributed by atoms with van der Waals surface area (Å²) in [6.45, 7) is 5.35. The molecule has 1 amide bonds. The van der Waals surface area contributed by atoms with Crippen LogP contribution in [0.4, 0.5) is 5.69 Å². The number of hydrogen-bond donors (Lipinski definition) is 2. The van der Waals surface area contributed by atoms with Gasteiger partial charge in [0.1, 0.15) is 12.6 Å². The van der Waals surface area contributed by atoms with Crippen LogP contribution in [0, 0.1) is 17.0 Å². The first-order valence-electron chi connectivity index (χ1n) is 6.35. The summed E-state index contributed by atoms with van der Waals surface area (Å²) < 4.78 is 6.07.